The van der Waals surface area contributed by atoms with Crippen LogP contribution in [0, 0.1) is 12.8 Å². The van der Waals surface area contributed by atoms with E-state index in [-0.39, 0.29) is 17.1 Å². The molecule has 0 heterocycles. The third-order valence-electron chi connectivity index (χ3n) is 2.11. The van der Waals surface area contributed by atoms with Crippen molar-refractivity contribution in [2.45, 2.75) is 26.2 Å². The van der Waals surface area contributed by atoms with Gasteiger partial charge >= 0.3 is 0 Å². The number of hydrogen-bond donors (Lipinski definition) is 0. The quantitative estimate of drug-likeness (QED) is 0.651. The number of rotatable bonds is 3. The predicted octanol–water partition coefficient (Wildman–Crippen LogP) is 4.19. The number of unbranched alkanes of at least 4 members (excludes halogenated alkanes) is 1. The first-order valence-corrected chi connectivity index (χ1v) is 5.30. The molecule has 0 aromatic carbocycles. The first kappa shape index (κ1) is 14.5. The number of hydrogen-bond acceptors (Lipinski definition) is 0. The van der Waals surface area contributed by atoms with E-state index in [0.29, 0.717) is 0 Å². The van der Waals surface area contributed by atoms with Gasteiger partial charge in [0.25, 0.3) is 0 Å². The van der Waals surface area contributed by atoms with Crippen LogP contribution in [-0.4, -0.2) is 0 Å². The molecule has 0 aromatic heterocycles. The summed E-state index contributed by atoms with van der Waals surface area (Å²) in [5, 5.41) is 0. The Labute approximate surface area is 104 Å². The largest absolute Gasteiger partial charge is 0.0767 e. The minimum absolute atomic E-state index is 0. The van der Waals surface area contributed by atoms with Gasteiger partial charge in [-0.05, 0) is 12.8 Å². The van der Waals surface area contributed by atoms with Crippen LogP contribution < -0.4 is 0 Å². The van der Waals surface area contributed by atoms with Gasteiger partial charge in [0.2, 0.25) is 0 Å². The zero-order chi connectivity index (χ0) is 10.1. The van der Waals surface area contributed by atoms with Gasteiger partial charge in [0.05, 0.1) is 0 Å². The van der Waals surface area contributed by atoms with Crippen molar-refractivity contribution < 1.29 is 17.1 Å². The van der Waals surface area contributed by atoms with E-state index < -0.39 is 0 Å². The summed E-state index contributed by atoms with van der Waals surface area (Å²) in [6.07, 6.45) is 22.5. The monoisotopic (exact) mass is 242 g/mol. The molecule has 0 aromatic rings. The maximum Gasteiger partial charge on any atom is 0.00834 e. The molecule has 0 atom stereocenters. The molecule has 0 unspecified atom stereocenters. The van der Waals surface area contributed by atoms with E-state index in [9.17, 15) is 0 Å². The molecule has 1 heteroatoms. The average Bonchev–Trinajstić information content (AvgIpc) is 2.90. The molecule has 2 aliphatic carbocycles. The Morgan fingerprint density at radius 2 is 1.67 bits per heavy atom. The summed E-state index contributed by atoms with van der Waals surface area (Å²) in [6, 6.07) is 0. The van der Waals surface area contributed by atoms with E-state index in [2.05, 4.69) is 31.6 Å². The van der Waals surface area contributed by atoms with Crippen LogP contribution in [0.3, 0.4) is 0 Å². The SMILES string of the molecule is CCCCC1=CC=C[CH]1.[CH]1C=CC=C1.[Fe]. The van der Waals surface area contributed by atoms with Crippen LogP contribution in [-0.2, 0) is 17.1 Å². The molecule has 0 aliphatic heterocycles. The zero-order valence-electron chi connectivity index (χ0n) is 9.17. The summed E-state index contributed by atoms with van der Waals surface area (Å²) in [5.74, 6) is 0. The predicted molar refractivity (Wildman–Crippen MR) is 63.6 cm³/mol. The Kier molecular flexibility index (Phi) is 9.67. The molecule has 2 rings (SSSR count). The first-order chi connectivity index (χ1) is 6.93. The van der Waals surface area contributed by atoms with Gasteiger partial charge in [-0.25, -0.2) is 0 Å². The Bertz CT molecular complexity index is 247. The van der Waals surface area contributed by atoms with Crippen molar-refractivity contribution in [3.8, 4) is 0 Å². The van der Waals surface area contributed by atoms with E-state index >= 15 is 0 Å². The Balaban J connectivity index is 0.000000280. The first-order valence-electron chi connectivity index (χ1n) is 5.30. The molecule has 2 radical (unpaired) electrons. The smallest absolute Gasteiger partial charge is 0.00834 e. The fraction of sp³-hybridized carbons (Fsp3) is 0.286. The van der Waals surface area contributed by atoms with E-state index in [1.807, 2.05) is 30.7 Å². The van der Waals surface area contributed by atoms with Crippen LogP contribution in [0.5, 0.6) is 0 Å². The van der Waals surface area contributed by atoms with Crippen LogP contribution in [0.1, 0.15) is 26.2 Å². The molecule has 0 bridgehead atoms. The summed E-state index contributed by atoms with van der Waals surface area (Å²) < 4.78 is 0. The molecular weight excluding hydrogens is 224 g/mol. The summed E-state index contributed by atoms with van der Waals surface area (Å²) in [5.41, 5.74) is 1.48. The van der Waals surface area contributed by atoms with Gasteiger partial charge in [-0.1, -0.05) is 61.4 Å². The van der Waals surface area contributed by atoms with E-state index in [1.165, 1.54) is 24.8 Å². The second-order valence-electron chi connectivity index (χ2n) is 3.36. The van der Waals surface area contributed by atoms with Crippen molar-refractivity contribution in [1.29, 1.82) is 0 Å². The molecule has 0 fully saturated rings. The third-order valence-corrected chi connectivity index (χ3v) is 2.11. The van der Waals surface area contributed by atoms with Gasteiger partial charge in [0.1, 0.15) is 0 Å². The van der Waals surface area contributed by atoms with Crippen molar-refractivity contribution in [2.75, 3.05) is 0 Å². The molecule has 0 N–H and O–H groups in total. The second-order valence-corrected chi connectivity index (χ2v) is 3.36. The van der Waals surface area contributed by atoms with Crippen LogP contribution in [0.15, 0.2) is 48.1 Å². The summed E-state index contributed by atoms with van der Waals surface area (Å²) >= 11 is 0. The van der Waals surface area contributed by atoms with Gasteiger partial charge < -0.3 is 0 Å². The van der Waals surface area contributed by atoms with E-state index in [1.54, 1.807) is 0 Å². The number of allylic oxidation sites excluding steroid dienone is 8. The van der Waals surface area contributed by atoms with Gasteiger partial charge in [0.15, 0.2) is 0 Å². The zero-order valence-corrected chi connectivity index (χ0v) is 10.3. The van der Waals surface area contributed by atoms with E-state index in [0.717, 1.165) is 0 Å². The molecule has 0 saturated carbocycles. The third kappa shape index (κ3) is 7.41. The molecule has 15 heavy (non-hydrogen) atoms. The summed E-state index contributed by atoms with van der Waals surface area (Å²) in [7, 11) is 0. The Morgan fingerprint density at radius 1 is 0.933 bits per heavy atom. The van der Waals surface area contributed by atoms with Crippen molar-refractivity contribution in [3.63, 3.8) is 0 Å². The summed E-state index contributed by atoms with van der Waals surface area (Å²) in [6.45, 7) is 2.23. The molecular formula is C14H18Fe. The fourth-order valence-electron chi connectivity index (χ4n) is 1.28. The van der Waals surface area contributed by atoms with Crippen molar-refractivity contribution >= 4 is 0 Å². The van der Waals surface area contributed by atoms with Crippen molar-refractivity contribution in [3.05, 3.63) is 60.9 Å². The topological polar surface area (TPSA) is 0 Å². The average molecular weight is 242 g/mol. The fourth-order valence-corrected chi connectivity index (χ4v) is 1.28. The van der Waals surface area contributed by atoms with Gasteiger partial charge in [0, 0.05) is 29.9 Å². The van der Waals surface area contributed by atoms with Crippen LogP contribution in [0.2, 0.25) is 0 Å². The minimum Gasteiger partial charge on any atom is -0.0767 e. The van der Waals surface area contributed by atoms with E-state index in [4.69, 9.17) is 0 Å². The Morgan fingerprint density at radius 3 is 2.07 bits per heavy atom. The van der Waals surface area contributed by atoms with Crippen LogP contribution in [0.4, 0.5) is 0 Å². The molecule has 0 amide bonds. The molecule has 0 saturated heterocycles. The van der Waals surface area contributed by atoms with Crippen LogP contribution in [0.25, 0.3) is 0 Å². The summed E-state index contributed by atoms with van der Waals surface area (Å²) in [4.78, 5) is 0. The maximum atomic E-state index is 2.23. The normalized spacial score (nSPS) is 15.7. The van der Waals surface area contributed by atoms with Crippen molar-refractivity contribution in [1.82, 2.24) is 0 Å². The molecule has 0 nitrogen and oxygen atoms in total. The standard InChI is InChI=1S/C9H13.C5H5.Fe/c1-2-3-6-9-7-4-5-8-9;1-2-4-5-3-1;/h4-5,7-8H,2-3,6H2,1H3;1-5H;. The molecule has 2 aliphatic rings. The minimum atomic E-state index is 0. The van der Waals surface area contributed by atoms with Gasteiger partial charge in [-0.2, -0.15) is 0 Å². The maximum absolute atomic E-state index is 2.23. The van der Waals surface area contributed by atoms with Gasteiger partial charge in [-0.3, -0.25) is 0 Å². The molecule has 0 spiro atoms. The Hall–Kier alpha value is -0.521. The van der Waals surface area contributed by atoms with Crippen molar-refractivity contribution in [2.24, 2.45) is 0 Å². The van der Waals surface area contributed by atoms with Crippen LogP contribution >= 0.6 is 0 Å². The second kappa shape index (κ2) is 10.0. The molecule has 82 valence electrons. The van der Waals surface area contributed by atoms with Gasteiger partial charge in [-0.15, -0.1) is 0 Å².